The number of aromatic carboxylic acids is 1. The summed E-state index contributed by atoms with van der Waals surface area (Å²) in [5, 5.41) is 12.3. The first kappa shape index (κ1) is 34.3. The summed E-state index contributed by atoms with van der Waals surface area (Å²) in [7, 11) is 0. The predicted molar refractivity (Wildman–Crippen MR) is 148 cm³/mol. The summed E-state index contributed by atoms with van der Waals surface area (Å²) >= 11 is 0. The largest absolute Gasteiger partial charge is 0.478 e. The van der Waals surface area contributed by atoms with E-state index in [4.69, 9.17) is 28.4 Å². The van der Waals surface area contributed by atoms with Gasteiger partial charge in [-0.3, -0.25) is 19.7 Å². The first-order valence-electron chi connectivity index (χ1n) is 14.0. The van der Waals surface area contributed by atoms with Gasteiger partial charge in [-0.2, -0.15) is 0 Å². The minimum absolute atomic E-state index is 0.0323. The Morgan fingerprint density at radius 1 is 0.881 bits per heavy atom. The van der Waals surface area contributed by atoms with Gasteiger partial charge in [0, 0.05) is 24.9 Å². The van der Waals surface area contributed by atoms with Crippen molar-refractivity contribution in [1.29, 1.82) is 0 Å². The minimum atomic E-state index is -1.44. The van der Waals surface area contributed by atoms with E-state index in [9.17, 15) is 29.1 Å². The molecule has 1 amide bonds. The van der Waals surface area contributed by atoms with Crippen LogP contribution in [0, 0.1) is 0 Å². The Hall–Kier alpha value is -3.87. The van der Waals surface area contributed by atoms with Gasteiger partial charge in [0.15, 0.2) is 12.2 Å². The summed E-state index contributed by atoms with van der Waals surface area (Å²) in [5.74, 6) is -3.38. The number of carbonyl (C=O) groups is 5. The Kier molecular flexibility index (Phi) is 13.0. The zero-order chi connectivity index (χ0) is 31.4. The number of rotatable bonds is 13. The molecule has 4 atom stereocenters. The van der Waals surface area contributed by atoms with Crippen LogP contribution >= 0.6 is 0 Å². The molecular formula is C29H41NO12. The molecule has 1 saturated heterocycles. The number of benzene rings is 1. The van der Waals surface area contributed by atoms with Gasteiger partial charge in [-0.25, -0.2) is 9.59 Å². The normalized spacial score (nSPS) is 20.1. The van der Waals surface area contributed by atoms with Gasteiger partial charge in [0.1, 0.15) is 16.9 Å². The molecule has 0 bridgehead atoms. The molecule has 1 aliphatic rings. The maximum atomic E-state index is 12.6. The number of anilines is 1. The van der Waals surface area contributed by atoms with E-state index in [1.165, 1.54) is 12.1 Å². The summed E-state index contributed by atoms with van der Waals surface area (Å²) in [6, 6.07) is 3.84. The van der Waals surface area contributed by atoms with Crippen LogP contribution in [0.2, 0.25) is 0 Å². The molecule has 1 unspecified atom stereocenters. The number of ether oxygens (including phenoxy) is 6. The standard InChI is InChI=1S/C29H41NO12/c1-7-10-21(31)38-20-16-37-27(25(41-23(33)12-9-3)24(20)40-22(32)11-8-2)39-19-14-13-17(15-18(19)26(34)35)30-28(36)42-29(4,5)6/h13-15,20,24-25,27H,7-12,16H2,1-6H3,(H,30,36)(H,34,35)/t20-,24+,25-,27?/m1/s1. The van der Waals surface area contributed by atoms with Gasteiger partial charge in [-0.1, -0.05) is 20.8 Å². The zero-order valence-electron chi connectivity index (χ0n) is 24.9. The van der Waals surface area contributed by atoms with Crippen LogP contribution in [0.5, 0.6) is 5.75 Å². The van der Waals surface area contributed by atoms with Crippen molar-refractivity contribution in [2.24, 2.45) is 0 Å². The molecule has 42 heavy (non-hydrogen) atoms. The average Bonchev–Trinajstić information content (AvgIpc) is 2.87. The molecule has 0 aromatic heterocycles. The molecule has 13 nitrogen and oxygen atoms in total. The van der Waals surface area contributed by atoms with Crippen molar-refractivity contribution in [3.63, 3.8) is 0 Å². The molecule has 1 aromatic carbocycles. The molecule has 1 aromatic rings. The second-order valence-corrected chi connectivity index (χ2v) is 10.6. The van der Waals surface area contributed by atoms with E-state index < -0.39 is 60.2 Å². The predicted octanol–water partition coefficient (Wildman–Crippen LogP) is 4.60. The van der Waals surface area contributed by atoms with Crippen molar-refractivity contribution in [1.82, 2.24) is 0 Å². The molecular weight excluding hydrogens is 554 g/mol. The zero-order valence-corrected chi connectivity index (χ0v) is 24.9. The third kappa shape index (κ3) is 10.8. The van der Waals surface area contributed by atoms with Crippen LogP contribution in [-0.2, 0) is 38.1 Å². The summed E-state index contributed by atoms with van der Waals surface area (Å²) in [5.41, 5.74) is -0.994. The number of carboxylic acids is 1. The lowest BCUT2D eigenvalue weighted by molar-refractivity contribution is -0.261. The van der Waals surface area contributed by atoms with Crippen molar-refractivity contribution in [3.8, 4) is 5.75 Å². The number of hydrogen-bond donors (Lipinski definition) is 2. The fourth-order valence-electron chi connectivity index (χ4n) is 3.90. The Morgan fingerprint density at radius 3 is 1.95 bits per heavy atom. The SMILES string of the molecule is CCCC(=O)O[C@H]1[C@H](OC(=O)CCC)COC(Oc2ccc(NC(=O)OC(C)(C)C)cc2C(=O)O)[C@@H]1OC(=O)CCC. The van der Waals surface area contributed by atoms with Crippen LogP contribution in [0.3, 0.4) is 0 Å². The Labute approximate surface area is 245 Å². The molecule has 2 N–H and O–H groups in total. The quantitative estimate of drug-likeness (QED) is 0.240. The Bertz CT molecular complexity index is 1110. The van der Waals surface area contributed by atoms with Crippen molar-refractivity contribution in [3.05, 3.63) is 23.8 Å². The van der Waals surface area contributed by atoms with Gasteiger partial charge < -0.3 is 33.5 Å². The summed E-state index contributed by atoms with van der Waals surface area (Å²) < 4.78 is 33.6. The highest BCUT2D eigenvalue weighted by molar-refractivity contribution is 5.94. The number of hydrogen-bond acceptors (Lipinski definition) is 11. The molecule has 2 rings (SSSR count). The maximum Gasteiger partial charge on any atom is 0.412 e. The van der Waals surface area contributed by atoms with Gasteiger partial charge in [0.25, 0.3) is 0 Å². The van der Waals surface area contributed by atoms with Crippen molar-refractivity contribution in [2.45, 2.75) is 110 Å². The number of esters is 3. The molecule has 13 heteroatoms. The van der Waals surface area contributed by atoms with E-state index in [1.54, 1.807) is 41.5 Å². The third-order valence-electron chi connectivity index (χ3n) is 5.66. The lowest BCUT2D eigenvalue weighted by Crippen LogP contribution is -2.59. The summed E-state index contributed by atoms with van der Waals surface area (Å²) in [6.07, 6.45) is -4.36. The summed E-state index contributed by atoms with van der Waals surface area (Å²) in [4.78, 5) is 61.7. The lowest BCUT2D eigenvalue weighted by Gasteiger charge is -2.40. The molecule has 0 saturated carbocycles. The van der Waals surface area contributed by atoms with Crippen LogP contribution in [-0.4, -0.2) is 71.9 Å². The Balaban J connectivity index is 2.42. The third-order valence-corrected chi connectivity index (χ3v) is 5.66. The molecule has 1 aliphatic heterocycles. The molecule has 234 valence electrons. The van der Waals surface area contributed by atoms with Crippen LogP contribution in [0.25, 0.3) is 0 Å². The van der Waals surface area contributed by atoms with Gasteiger partial charge in [0.05, 0.1) is 6.61 Å². The van der Waals surface area contributed by atoms with Crippen LogP contribution in [0.1, 0.15) is 90.4 Å². The fourth-order valence-corrected chi connectivity index (χ4v) is 3.90. The van der Waals surface area contributed by atoms with Crippen molar-refractivity contribution >= 4 is 35.7 Å². The average molecular weight is 596 g/mol. The van der Waals surface area contributed by atoms with Crippen LogP contribution in [0.15, 0.2) is 18.2 Å². The minimum Gasteiger partial charge on any atom is -0.478 e. The van der Waals surface area contributed by atoms with Gasteiger partial charge in [-0.05, 0) is 58.2 Å². The van der Waals surface area contributed by atoms with E-state index in [0.717, 1.165) is 6.07 Å². The monoisotopic (exact) mass is 595 g/mol. The smallest absolute Gasteiger partial charge is 0.412 e. The number of amides is 1. The molecule has 0 aliphatic carbocycles. The number of nitrogens with one attached hydrogen (secondary N) is 1. The highest BCUT2D eigenvalue weighted by atomic mass is 16.7. The van der Waals surface area contributed by atoms with E-state index in [2.05, 4.69) is 5.32 Å². The fraction of sp³-hybridized carbons (Fsp3) is 0.621. The highest BCUT2D eigenvalue weighted by Gasteiger charge is 2.49. The van der Waals surface area contributed by atoms with Crippen molar-refractivity contribution < 1.29 is 57.5 Å². The lowest BCUT2D eigenvalue weighted by atomic mass is 10.0. The van der Waals surface area contributed by atoms with E-state index in [1.807, 2.05) is 0 Å². The summed E-state index contributed by atoms with van der Waals surface area (Å²) in [6.45, 7) is 10.1. The van der Waals surface area contributed by atoms with E-state index in [-0.39, 0.29) is 42.9 Å². The number of carbonyl (C=O) groups excluding carboxylic acids is 4. The first-order valence-corrected chi connectivity index (χ1v) is 14.0. The maximum absolute atomic E-state index is 12.6. The van der Waals surface area contributed by atoms with Crippen LogP contribution < -0.4 is 10.1 Å². The highest BCUT2D eigenvalue weighted by Crippen LogP contribution is 2.31. The topological polar surface area (TPSA) is 173 Å². The molecule has 1 heterocycles. The van der Waals surface area contributed by atoms with Gasteiger partial charge in [0.2, 0.25) is 12.4 Å². The van der Waals surface area contributed by atoms with E-state index >= 15 is 0 Å². The second kappa shape index (κ2) is 15.9. The Morgan fingerprint density at radius 2 is 1.43 bits per heavy atom. The second-order valence-electron chi connectivity index (χ2n) is 10.6. The number of carboxylic acid groups (broad SMARTS) is 1. The van der Waals surface area contributed by atoms with Gasteiger partial charge in [-0.15, -0.1) is 0 Å². The first-order chi connectivity index (χ1) is 19.8. The molecule has 0 radical (unpaired) electrons. The molecule has 0 spiro atoms. The molecule has 1 fully saturated rings. The van der Waals surface area contributed by atoms with Gasteiger partial charge >= 0.3 is 30.0 Å². The van der Waals surface area contributed by atoms with E-state index in [0.29, 0.717) is 19.3 Å². The van der Waals surface area contributed by atoms with Crippen LogP contribution in [0.4, 0.5) is 10.5 Å². The van der Waals surface area contributed by atoms with Crippen molar-refractivity contribution in [2.75, 3.05) is 11.9 Å².